The Balaban J connectivity index is 1.73. The molecule has 152 valence electrons. The third-order valence-corrected chi connectivity index (χ3v) is 6.78. The molecule has 1 aliphatic heterocycles. The molecule has 3 rings (SSSR count). The van der Waals surface area contributed by atoms with Crippen molar-refractivity contribution in [1.82, 2.24) is 14.5 Å². The summed E-state index contributed by atoms with van der Waals surface area (Å²) < 4.78 is 32.7. The summed E-state index contributed by atoms with van der Waals surface area (Å²) in [6.45, 7) is 8.23. The molecule has 1 amide bonds. The number of sulfonamides is 1. The number of piperidine rings is 1. The molecule has 1 saturated heterocycles. The molecular formula is C19H26N4O4S. The number of rotatable bonds is 4. The third-order valence-electron chi connectivity index (χ3n) is 4.75. The van der Waals surface area contributed by atoms with Crippen LogP contribution in [-0.4, -0.2) is 41.4 Å². The minimum absolute atomic E-state index is 0.00812. The number of hydrogen-bond acceptors (Lipinski definition) is 6. The highest BCUT2D eigenvalue weighted by Crippen LogP contribution is 2.26. The smallest absolute Gasteiger partial charge is 0.322 e. The van der Waals surface area contributed by atoms with Crippen LogP contribution in [0.1, 0.15) is 63.2 Å². The van der Waals surface area contributed by atoms with E-state index in [4.69, 9.17) is 4.42 Å². The van der Waals surface area contributed by atoms with Crippen LogP contribution in [0.15, 0.2) is 33.6 Å². The Morgan fingerprint density at radius 1 is 1.18 bits per heavy atom. The lowest BCUT2D eigenvalue weighted by Crippen LogP contribution is -2.41. The normalized spacial score (nSPS) is 18.8. The van der Waals surface area contributed by atoms with Gasteiger partial charge in [-0.3, -0.25) is 10.1 Å². The lowest BCUT2D eigenvalue weighted by atomic mass is 9.97. The summed E-state index contributed by atoms with van der Waals surface area (Å²) in [5.74, 6) is -0.0284. The van der Waals surface area contributed by atoms with Crippen molar-refractivity contribution in [1.29, 1.82) is 0 Å². The third kappa shape index (κ3) is 4.25. The zero-order chi connectivity index (χ0) is 20.5. The van der Waals surface area contributed by atoms with Crippen molar-refractivity contribution in [3.63, 3.8) is 0 Å². The standard InChI is InChI=1S/C19H26N4O4S/c1-13-7-5-6-12-23(13)28(25,26)15-10-8-14(9-11-15)16(24)20-18-22-21-17(27-18)19(2,3)4/h8-11,13H,5-7,12H2,1-4H3,(H,20,22,24)/t13-/m0/s1. The van der Waals surface area contributed by atoms with E-state index in [0.717, 1.165) is 19.3 Å². The zero-order valence-electron chi connectivity index (χ0n) is 16.6. The predicted octanol–water partition coefficient (Wildman–Crippen LogP) is 3.18. The zero-order valence-corrected chi connectivity index (χ0v) is 17.4. The number of carbonyl (C=O) groups is 1. The summed E-state index contributed by atoms with van der Waals surface area (Å²) in [5, 5.41) is 10.3. The van der Waals surface area contributed by atoms with Crippen LogP contribution in [0.2, 0.25) is 0 Å². The number of nitrogens with zero attached hydrogens (tertiary/aromatic N) is 3. The van der Waals surface area contributed by atoms with Crippen molar-refractivity contribution >= 4 is 21.9 Å². The van der Waals surface area contributed by atoms with Crippen LogP contribution >= 0.6 is 0 Å². The number of benzene rings is 1. The van der Waals surface area contributed by atoms with E-state index in [1.54, 1.807) is 0 Å². The molecule has 0 spiro atoms. The van der Waals surface area contributed by atoms with Gasteiger partial charge in [0.25, 0.3) is 5.91 Å². The van der Waals surface area contributed by atoms with E-state index in [2.05, 4.69) is 15.5 Å². The molecule has 1 aliphatic rings. The van der Waals surface area contributed by atoms with Crippen molar-refractivity contribution in [3.8, 4) is 0 Å². The van der Waals surface area contributed by atoms with Gasteiger partial charge < -0.3 is 4.42 Å². The highest BCUT2D eigenvalue weighted by molar-refractivity contribution is 7.89. The first kappa shape index (κ1) is 20.5. The minimum atomic E-state index is -3.56. The molecular weight excluding hydrogens is 380 g/mol. The molecule has 2 heterocycles. The van der Waals surface area contributed by atoms with Crippen LogP contribution < -0.4 is 5.32 Å². The summed E-state index contributed by atoms with van der Waals surface area (Å²) in [4.78, 5) is 12.6. The largest absolute Gasteiger partial charge is 0.407 e. The first-order chi connectivity index (χ1) is 13.1. The van der Waals surface area contributed by atoms with E-state index < -0.39 is 15.9 Å². The van der Waals surface area contributed by atoms with E-state index in [1.807, 2.05) is 27.7 Å². The average molecular weight is 407 g/mol. The number of hydrogen-bond donors (Lipinski definition) is 1. The van der Waals surface area contributed by atoms with Crippen LogP contribution in [0.4, 0.5) is 6.01 Å². The Kier molecular flexibility index (Phi) is 5.58. The second-order valence-corrected chi connectivity index (χ2v) is 9.99. The Morgan fingerprint density at radius 2 is 1.86 bits per heavy atom. The topological polar surface area (TPSA) is 105 Å². The van der Waals surface area contributed by atoms with Gasteiger partial charge in [0, 0.05) is 23.6 Å². The van der Waals surface area contributed by atoms with E-state index in [-0.39, 0.29) is 22.4 Å². The van der Waals surface area contributed by atoms with Crippen molar-refractivity contribution in [2.75, 3.05) is 11.9 Å². The van der Waals surface area contributed by atoms with Gasteiger partial charge in [0.05, 0.1) is 4.90 Å². The molecule has 2 aromatic rings. The summed E-state index contributed by atoms with van der Waals surface area (Å²) in [5.41, 5.74) is -0.0152. The van der Waals surface area contributed by atoms with Crippen LogP contribution in [0.25, 0.3) is 0 Å². The minimum Gasteiger partial charge on any atom is -0.407 e. The Bertz CT molecular complexity index is 945. The van der Waals surface area contributed by atoms with Gasteiger partial charge >= 0.3 is 6.01 Å². The average Bonchev–Trinajstić information content (AvgIpc) is 3.11. The first-order valence-electron chi connectivity index (χ1n) is 9.36. The van der Waals surface area contributed by atoms with E-state index in [0.29, 0.717) is 18.0 Å². The molecule has 9 heteroatoms. The molecule has 1 fully saturated rings. The van der Waals surface area contributed by atoms with Crippen LogP contribution in [0, 0.1) is 0 Å². The van der Waals surface area contributed by atoms with E-state index >= 15 is 0 Å². The van der Waals surface area contributed by atoms with Gasteiger partial charge in [0.2, 0.25) is 15.9 Å². The highest BCUT2D eigenvalue weighted by Gasteiger charge is 2.31. The molecule has 28 heavy (non-hydrogen) atoms. The quantitative estimate of drug-likeness (QED) is 0.836. The van der Waals surface area contributed by atoms with Crippen molar-refractivity contribution in [3.05, 3.63) is 35.7 Å². The van der Waals surface area contributed by atoms with Gasteiger partial charge in [-0.1, -0.05) is 32.3 Å². The number of carbonyl (C=O) groups excluding carboxylic acids is 1. The van der Waals surface area contributed by atoms with Crippen molar-refractivity contribution in [2.24, 2.45) is 0 Å². The molecule has 1 atom stereocenters. The number of aromatic nitrogens is 2. The molecule has 0 unspecified atom stereocenters. The number of nitrogens with one attached hydrogen (secondary N) is 1. The molecule has 1 N–H and O–H groups in total. The van der Waals surface area contributed by atoms with Gasteiger partial charge in [0.15, 0.2) is 0 Å². The molecule has 0 bridgehead atoms. The molecule has 0 saturated carbocycles. The SMILES string of the molecule is C[C@H]1CCCCN1S(=O)(=O)c1ccc(C(=O)Nc2nnc(C(C)(C)C)o2)cc1. The lowest BCUT2D eigenvalue weighted by molar-refractivity contribution is 0.102. The molecule has 0 radical (unpaired) electrons. The fraction of sp³-hybridized carbons (Fsp3) is 0.526. The molecule has 1 aromatic heterocycles. The van der Waals surface area contributed by atoms with Gasteiger partial charge in [0.1, 0.15) is 0 Å². The second kappa shape index (κ2) is 7.63. The Labute approximate surface area is 165 Å². The van der Waals surface area contributed by atoms with E-state index in [1.165, 1.54) is 28.6 Å². The van der Waals surface area contributed by atoms with E-state index in [9.17, 15) is 13.2 Å². The molecule has 8 nitrogen and oxygen atoms in total. The van der Waals surface area contributed by atoms with Gasteiger partial charge in [-0.05, 0) is 44.0 Å². The summed E-state index contributed by atoms with van der Waals surface area (Å²) in [6, 6.07) is 5.88. The number of amides is 1. The van der Waals surface area contributed by atoms with Crippen LogP contribution in [0.5, 0.6) is 0 Å². The summed E-state index contributed by atoms with van der Waals surface area (Å²) >= 11 is 0. The van der Waals surface area contributed by atoms with Crippen LogP contribution in [-0.2, 0) is 15.4 Å². The first-order valence-corrected chi connectivity index (χ1v) is 10.8. The number of anilines is 1. The Hall–Kier alpha value is -2.26. The van der Waals surface area contributed by atoms with Crippen molar-refractivity contribution in [2.45, 2.75) is 63.3 Å². The van der Waals surface area contributed by atoms with Crippen molar-refractivity contribution < 1.29 is 17.6 Å². The lowest BCUT2D eigenvalue weighted by Gasteiger charge is -2.32. The van der Waals surface area contributed by atoms with Gasteiger partial charge in [-0.15, -0.1) is 5.10 Å². The molecule has 1 aromatic carbocycles. The highest BCUT2D eigenvalue weighted by atomic mass is 32.2. The predicted molar refractivity (Wildman–Crippen MR) is 105 cm³/mol. The fourth-order valence-electron chi connectivity index (χ4n) is 3.09. The maximum absolute atomic E-state index is 12.9. The maximum Gasteiger partial charge on any atom is 0.322 e. The Morgan fingerprint density at radius 3 is 2.43 bits per heavy atom. The maximum atomic E-state index is 12.9. The van der Waals surface area contributed by atoms with Crippen LogP contribution in [0.3, 0.4) is 0 Å². The monoisotopic (exact) mass is 406 g/mol. The fourth-order valence-corrected chi connectivity index (χ4v) is 4.79. The van der Waals surface area contributed by atoms with Gasteiger partial charge in [-0.25, -0.2) is 8.42 Å². The second-order valence-electron chi connectivity index (χ2n) is 8.10. The molecule has 0 aliphatic carbocycles. The van der Waals surface area contributed by atoms with Gasteiger partial charge in [-0.2, -0.15) is 4.31 Å². The summed E-state index contributed by atoms with van der Waals surface area (Å²) in [7, 11) is -3.56. The summed E-state index contributed by atoms with van der Waals surface area (Å²) in [6.07, 6.45) is 2.77.